The van der Waals surface area contributed by atoms with Gasteiger partial charge in [-0.2, -0.15) is 0 Å². The zero-order valence-electron chi connectivity index (χ0n) is 12.4. The highest BCUT2D eigenvalue weighted by Gasteiger charge is 2.07. The quantitative estimate of drug-likeness (QED) is 0.636. The van der Waals surface area contributed by atoms with E-state index < -0.39 is 0 Å². The summed E-state index contributed by atoms with van der Waals surface area (Å²) in [5, 5.41) is 0. The van der Waals surface area contributed by atoms with Crippen LogP contribution in [0.4, 0.5) is 4.39 Å². The van der Waals surface area contributed by atoms with Crippen LogP contribution in [0.1, 0.15) is 10.4 Å². The molecule has 0 aliphatic carbocycles. The first-order valence-corrected chi connectivity index (χ1v) is 7.29. The van der Waals surface area contributed by atoms with Crippen molar-refractivity contribution in [2.45, 2.75) is 0 Å². The molecule has 0 heterocycles. The second-order valence-corrected chi connectivity index (χ2v) is 5.11. The van der Waals surface area contributed by atoms with Gasteiger partial charge in [0.25, 0.3) is 0 Å². The van der Waals surface area contributed by atoms with Crippen LogP contribution < -0.4 is 4.74 Å². The highest BCUT2D eigenvalue weighted by molar-refractivity contribution is 5.97. The monoisotopic (exact) mass is 306 g/mol. The number of hydrogen-bond donors (Lipinski definition) is 0. The summed E-state index contributed by atoms with van der Waals surface area (Å²) >= 11 is 0. The molecule has 0 spiro atoms. The molecule has 0 aliphatic heterocycles. The van der Waals surface area contributed by atoms with Crippen LogP contribution in [-0.4, -0.2) is 12.4 Å². The van der Waals surface area contributed by atoms with Gasteiger partial charge in [0.2, 0.25) is 0 Å². The molecule has 0 fully saturated rings. The third-order valence-corrected chi connectivity index (χ3v) is 3.50. The standard InChI is InChI=1S/C20H15FO2/c21-18-10-6-17(7-11-18)20(22)14-23-19-12-8-16(9-13-19)15-4-2-1-3-5-15/h1-13H,14H2. The third-order valence-electron chi connectivity index (χ3n) is 3.50. The van der Waals surface area contributed by atoms with E-state index in [-0.39, 0.29) is 18.2 Å². The van der Waals surface area contributed by atoms with Crippen molar-refractivity contribution >= 4 is 5.78 Å². The number of ketones is 1. The van der Waals surface area contributed by atoms with E-state index in [0.717, 1.165) is 11.1 Å². The lowest BCUT2D eigenvalue weighted by molar-refractivity contribution is 0.0921. The Morgan fingerprint density at radius 1 is 0.783 bits per heavy atom. The molecule has 23 heavy (non-hydrogen) atoms. The van der Waals surface area contributed by atoms with Crippen LogP contribution in [0.5, 0.6) is 5.75 Å². The van der Waals surface area contributed by atoms with Crippen LogP contribution >= 0.6 is 0 Å². The molecule has 0 saturated heterocycles. The number of hydrogen-bond acceptors (Lipinski definition) is 2. The number of rotatable bonds is 5. The predicted octanol–water partition coefficient (Wildman–Crippen LogP) is 4.75. The maximum Gasteiger partial charge on any atom is 0.200 e. The number of carbonyl (C=O) groups is 1. The van der Waals surface area contributed by atoms with Gasteiger partial charge in [0.1, 0.15) is 11.6 Å². The van der Waals surface area contributed by atoms with Gasteiger partial charge >= 0.3 is 0 Å². The van der Waals surface area contributed by atoms with Crippen LogP contribution in [0, 0.1) is 5.82 Å². The average molecular weight is 306 g/mol. The first-order valence-electron chi connectivity index (χ1n) is 7.29. The van der Waals surface area contributed by atoms with Crippen molar-refractivity contribution in [3.8, 4) is 16.9 Å². The van der Waals surface area contributed by atoms with Gasteiger partial charge in [0, 0.05) is 5.56 Å². The molecule has 0 unspecified atom stereocenters. The minimum atomic E-state index is -0.362. The molecule has 0 aliphatic rings. The van der Waals surface area contributed by atoms with E-state index >= 15 is 0 Å². The second kappa shape index (κ2) is 6.88. The summed E-state index contributed by atoms with van der Waals surface area (Å²) in [7, 11) is 0. The number of carbonyl (C=O) groups excluding carboxylic acids is 1. The van der Waals surface area contributed by atoms with Crippen LogP contribution in [0.25, 0.3) is 11.1 Å². The molecule has 3 aromatic carbocycles. The SMILES string of the molecule is O=C(COc1ccc(-c2ccccc2)cc1)c1ccc(F)cc1. The van der Waals surface area contributed by atoms with Gasteiger partial charge < -0.3 is 4.74 Å². The molecular formula is C20H15FO2. The summed E-state index contributed by atoms with van der Waals surface area (Å²) in [6, 6.07) is 23.0. The Balaban J connectivity index is 1.62. The summed E-state index contributed by atoms with van der Waals surface area (Å²) in [5.74, 6) is 0.0799. The first-order chi connectivity index (χ1) is 11.2. The van der Waals surface area contributed by atoms with Gasteiger partial charge in [-0.15, -0.1) is 0 Å². The van der Waals surface area contributed by atoms with Gasteiger partial charge in [-0.05, 0) is 47.5 Å². The van der Waals surface area contributed by atoms with Crippen molar-refractivity contribution in [3.05, 3.63) is 90.2 Å². The minimum Gasteiger partial charge on any atom is -0.485 e. The largest absolute Gasteiger partial charge is 0.485 e. The normalized spacial score (nSPS) is 10.3. The molecular weight excluding hydrogens is 291 g/mol. The average Bonchev–Trinajstić information content (AvgIpc) is 2.61. The molecule has 0 atom stereocenters. The van der Waals surface area contributed by atoms with Crippen molar-refractivity contribution in [1.29, 1.82) is 0 Å². The second-order valence-electron chi connectivity index (χ2n) is 5.11. The molecule has 0 saturated carbocycles. The van der Waals surface area contributed by atoms with Gasteiger partial charge in [0.15, 0.2) is 12.4 Å². The molecule has 114 valence electrons. The molecule has 2 nitrogen and oxygen atoms in total. The molecule has 3 rings (SSSR count). The Morgan fingerprint density at radius 2 is 1.39 bits per heavy atom. The topological polar surface area (TPSA) is 26.3 Å². The van der Waals surface area contributed by atoms with E-state index in [1.807, 2.05) is 54.6 Å². The summed E-state index contributed by atoms with van der Waals surface area (Å²) in [6.45, 7) is -0.0731. The molecule has 3 aromatic rings. The zero-order chi connectivity index (χ0) is 16.1. The van der Waals surface area contributed by atoms with Crippen molar-refractivity contribution in [1.82, 2.24) is 0 Å². The summed E-state index contributed by atoms with van der Waals surface area (Å²) in [6.07, 6.45) is 0. The van der Waals surface area contributed by atoms with Crippen molar-refractivity contribution in [3.63, 3.8) is 0 Å². The smallest absolute Gasteiger partial charge is 0.200 e. The lowest BCUT2D eigenvalue weighted by atomic mass is 10.1. The maximum atomic E-state index is 12.8. The fourth-order valence-electron chi connectivity index (χ4n) is 2.24. The van der Waals surface area contributed by atoms with Crippen LogP contribution in [0.2, 0.25) is 0 Å². The van der Waals surface area contributed by atoms with Crippen LogP contribution in [-0.2, 0) is 0 Å². The van der Waals surface area contributed by atoms with Crippen molar-refractivity contribution in [2.24, 2.45) is 0 Å². The van der Waals surface area contributed by atoms with E-state index in [4.69, 9.17) is 4.74 Å². The highest BCUT2D eigenvalue weighted by atomic mass is 19.1. The number of benzene rings is 3. The lowest BCUT2D eigenvalue weighted by Gasteiger charge is -2.07. The summed E-state index contributed by atoms with van der Waals surface area (Å²) in [4.78, 5) is 12.0. The van der Waals surface area contributed by atoms with E-state index in [1.165, 1.54) is 24.3 Å². The fraction of sp³-hybridized carbons (Fsp3) is 0.0500. The number of halogens is 1. The Bertz CT molecular complexity index is 778. The first kappa shape index (κ1) is 15.0. The van der Waals surface area contributed by atoms with Gasteiger partial charge in [-0.3, -0.25) is 4.79 Å². The minimum absolute atomic E-state index is 0.0731. The summed E-state index contributed by atoms with van der Waals surface area (Å²) < 4.78 is 18.3. The molecule has 0 amide bonds. The maximum absolute atomic E-state index is 12.8. The van der Waals surface area contributed by atoms with Gasteiger partial charge in [-0.25, -0.2) is 4.39 Å². The third kappa shape index (κ3) is 3.83. The van der Waals surface area contributed by atoms with Crippen LogP contribution in [0.3, 0.4) is 0 Å². The van der Waals surface area contributed by atoms with E-state index in [1.54, 1.807) is 0 Å². The molecule has 0 radical (unpaired) electrons. The molecule has 0 N–H and O–H groups in total. The molecule has 0 aromatic heterocycles. The van der Waals surface area contributed by atoms with E-state index in [0.29, 0.717) is 11.3 Å². The van der Waals surface area contributed by atoms with Crippen molar-refractivity contribution < 1.29 is 13.9 Å². The molecule has 0 bridgehead atoms. The van der Waals surface area contributed by atoms with E-state index in [2.05, 4.69) is 0 Å². The highest BCUT2D eigenvalue weighted by Crippen LogP contribution is 2.22. The van der Waals surface area contributed by atoms with Crippen LogP contribution in [0.15, 0.2) is 78.9 Å². The van der Waals surface area contributed by atoms with Crippen molar-refractivity contribution in [2.75, 3.05) is 6.61 Å². The predicted molar refractivity (Wildman–Crippen MR) is 88.1 cm³/mol. The lowest BCUT2D eigenvalue weighted by Crippen LogP contribution is -2.11. The van der Waals surface area contributed by atoms with Gasteiger partial charge in [0.05, 0.1) is 0 Å². The Hall–Kier alpha value is -2.94. The Morgan fingerprint density at radius 3 is 2.04 bits per heavy atom. The number of Topliss-reactive ketones (excluding diaryl/α,β-unsaturated/α-hetero) is 1. The zero-order valence-corrected chi connectivity index (χ0v) is 12.4. The Labute approximate surface area is 134 Å². The molecule has 3 heteroatoms. The van der Waals surface area contributed by atoms with E-state index in [9.17, 15) is 9.18 Å². The summed E-state index contributed by atoms with van der Waals surface area (Å²) in [5.41, 5.74) is 2.65. The fourth-order valence-corrected chi connectivity index (χ4v) is 2.24. The van der Waals surface area contributed by atoms with Gasteiger partial charge in [-0.1, -0.05) is 42.5 Å². The number of ether oxygens (including phenoxy) is 1. The Kier molecular flexibility index (Phi) is 4.48.